The molecule has 0 fully saturated rings. The van der Waals surface area contributed by atoms with Crippen LogP contribution >= 0.6 is 0 Å². The van der Waals surface area contributed by atoms with Crippen molar-refractivity contribution in [1.29, 1.82) is 0 Å². The van der Waals surface area contributed by atoms with Crippen molar-refractivity contribution >= 4 is 14.4 Å². The first kappa shape index (κ1) is 47.1. The molecule has 0 amide bonds. The van der Waals surface area contributed by atoms with Gasteiger partial charge in [-0.25, -0.2) is 0 Å². The van der Waals surface area contributed by atoms with Gasteiger partial charge in [0.15, 0.2) is 0 Å². The topological polar surface area (TPSA) is 0 Å². The van der Waals surface area contributed by atoms with Gasteiger partial charge in [0.25, 0.3) is 0 Å². The third-order valence-electron chi connectivity index (χ3n) is 15.2. The first-order chi connectivity index (χ1) is 29.3. The van der Waals surface area contributed by atoms with Crippen LogP contribution in [0.5, 0.6) is 0 Å². The first-order valence-electron chi connectivity index (χ1n) is 24.6. The molecule has 0 nitrogen and oxygen atoms in total. The molecule has 0 radical (unpaired) electrons. The van der Waals surface area contributed by atoms with Crippen molar-refractivity contribution in [3.63, 3.8) is 0 Å². The molecule has 0 heterocycles. The van der Waals surface area contributed by atoms with Gasteiger partial charge in [-0.1, -0.05) is 0 Å². The fourth-order valence-electron chi connectivity index (χ4n) is 11.4. The van der Waals surface area contributed by atoms with Crippen molar-refractivity contribution in [3.8, 4) is 11.1 Å². The summed E-state index contributed by atoms with van der Waals surface area (Å²) < 4.78 is 3.71. The number of allylic oxidation sites excluding steroid dienone is 8. The number of hydrogen-bond donors (Lipinski definition) is 0. The fraction of sp³-hybridized carbons (Fsp3) is 0.476. The van der Waals surface area contributed by atoms with Crippen molar-refractivity contribution in [3.05, 3.63) is 162 Å². The van der Waals surface area contributed by atoms with E-state index in [1.807, 2.05) is 0 Å². The zero-order valence-electron chi connectivity index (χ0n) is 43.6. The van der Waals surface area contributed by atoms with Crippen molar-refractivity contribution < 1.29 is 21.3 Å². The minimum atomic E-state index is -3.19. The van der Waals surface area contributed by atoms with E-state index in [-0.39, 0.29) is 37.9 Å². The van der Waals surface area contributed by atoms with Gasteiger partial charge in [0.1, 0.15) is 0 Å². The number of hydrogen-bond acceptors (Lipinski definition) is 0. The second-order valence-corrected chi connectivity index (χ2v) is 32.5. The average molecular weight is 929 g/mol. The molecule has 0 aromatic heterocycles. The second-order valence-electron chi connectivity index (χ2n) is 26.4. The van der Waals surface area contributed by atoms with Gasteiger partial charge in [0.2, 0.25) is 0 Å². The molecule has 0 saturated carbocycles. The van der Waals surface area contributed by atoms with Crippen LogP contribution in [0, 0.1) is 22.2 Å². The van der Waals surface area contributed by atoms with Crippen LogP contribution in [0.15, 0.2) is 106 Å². The summed E-state index contributed by atoms with van der Waals surface area (Å²) >= 11 is -3.19. The molecule has 1 heteroatoms. The van der Waals surface area contributed by atoms with Crippen LogP contribution < -0.4 is 0 Å². The summed E-state index contributed by atoms with van der Waals surface area (Å²) in [4.78, 5) is 0. The molecule has 0 bridgehead atoms. The second kappa shape index (κ2) is 15.3. The Balaban J connectivity index is 1.56. The molecule has 0 aliphatic heterocycles. The molecule has 4 aliphatic rings. The molecule has 64 heavy (non-hydrogen) atoms. The zero-order valence-corrected chi connectivity index (χ0v) is 46.1. The Morgan fingerprint density at radius 1 is 0.500 bits per heavy atom. The molecule has 8 rings (SSSR count). The maximum absolute atomic E-state index is 3.19. The predicted molar refractivity (Wildman–Crippen MR) is 278 cm³/mol. The third-order valence-corrected chi connectivity index (χ3v) is 23.7. The van der Waals surface area contributed by atoms with E-state index in [9.17, 15) is 0 Å². The van der Waals surface area contributed by atoms with Gasteiger partial charge in [-0.05, 0) is 0 Å². The molecule has 4 aliphatic carbocycles. The molecule has 4 aromatic carbocycles. The van der Waals surface area contributed by atoms with Crippen LogP contribution in [0.4, 0.5) is 0 Å². The molecular formula is C63H80Zr. The van der Waals surface area contributed by atoms with E-state index in [2.05, 4.69) is 236 Å². The van der Waals surface area contributed by atoms with Crippen LogP contribution in [0.3, 0.4) is 0 Å². The summed E-state index contributed by atoms with van der Waals surface area (Å²) in [5.74, 6) is 0.425. The van der Waals surface area contributed by atoms with Gasteiger partial charge in [-0.2, -0.15) is 0 Å². The Hall–Kier alpha value is -3.41. The Kier molecular flexibility index (Phi) is 11.3. The molecule has 1 unspecified atom stereocenters. The van der Waals surface area contributed by atoms with Crippen LogP contribution in [-0.2, 0) is 42.9 Å². The van der Waals surface area contributed by atoms with E-state index >= 15 is 0 Å². The summed E-state index contributed by atoms with van der Waals surface area (Å²) in [7, 11) is 0. The van der Waals surface area contributed by atoms with E-state index in [1.54, 1.807) is 17.6 Å². The van der Waals surface area contributed by atoms with Gasteiger partial charge in [-0.15, -0.1) is 0 Å². The number of rotatable bonds is 5. The maximum atomic E-state index is 2.75. The van der Waals surface area contributed by atoms with Crippen molar-refractivity contribution in [2.75, 3.05) is 0 Å². The number of benzene rings is 4. The predicted octanol–water partition coefficient (Wildman–Crippen LogP) is 17.6. The van der Waals surface area contributed by atoms with E-state index in [1.165, 1.54) is 72.4 Å². The van der Waals surface area contributed by atoms with Crippen LogP contribution in [0.2, 0.25) is 0 Å². The molecule has 0 N–H and O–H groups in total. The molecule has 336 valence electrons. The standard InChI is InChI=1S/C31H37.C21H26.C11H17.Zr/c1-28(2,3)26-16-30(7,8)24-12-18-11-19-13-25-23(15-21(19)20(18)14-22(24)26)27(29(4,5)6)17-31(25,9)10;1-20(2,3)18-11-7-16(8-12-18)15-17-9-13-19(14-10-17)21(4,5)6;1-5-9-6-7-10(8-9)11(2,3)4;/h11-17H,1-10H3;7-14H,1-6H3;7-9H,5H2,1-4H3;. The van der Waals surface area contributed by atoms with Gasteiger partial charge < -0.3 is 0 Å². The fourth-order valence-corrected chi connectivity index (χ4v) is 21.1. The normalized spacial score (nSPS) is 19.1. The van der Waals surface area contributed by atoms with E-state index in [0.29, 0.717) is 9.54 Å². The van der Waals surface area contributed by atoms with Gasteiger partial charge in [-0.3, -0.25) is 0 Å². The van der Waals surface area contributed by atoms with Crippen molar-refractivity contribution in [2.45, 2.75) is 170 Å². The Morgan fingerprint density at radius 2 is 0.891 bits per heavy atom. The average Bonchev–Trinajstić information content (AvgIpc) is 3.89. The first-order valence-corrected chi connectivity index (χ1v) is 28.5. The quantitative estimate of drug-likeness (QED) is 0.187. The molecule has 4 aromatic rings. The van der Waals surface area contributed by atoms with Crippen LogP contribution in [-0.4, -0.2) is 3.21 Å². The van der Waals surface area contributed by atoms with Crippen LogP contribution in [0.25, 0.3) is 22.3 Å². The van der Waals surface area contributed by atoms with E-state index in [0.717, 1.165) is 6.42 Å². The molecular weight excluding hydrogens is 848 g/mol. The SMILES string of the molecule is CCC1C=C(C(C)(C)C)C=[C]1[Zr](=[C](c1ccc(C(C)(C)C)cc1)c1ccc(C(C)(C)C)cc1)[CH]1c2cc3c(cc2-c2cc4c(cc21)C(C)(C)C=C4C(C)(C)C)C(C(C)(C)C)=CC3(C)C. The van der Waals surface area contributed by atoms with Crippen LogP contribution in [0.1, 0.15) is 204 Å². The molecule has 0 saturated heterocycles. The van der Waals surface area contributed by atoms with Gasteiger partial charge >= 0.3 is 401 Å². The number of fused-ring (bicyclic) bond motifs is 5. The summed E-state index contributed by atoms with van der Waals surface area (Å²) in [6.45, 7) is 48.1. The molecule has 0 spiro atoms. The Bertz CT molecular complexity index is 2550. The van der Waals surface area contributed by atoms with E-state index in [4.69, 9.17) is 0 Å². The Morgan fingerprint density at radius 3 is 1.22 bits per heavy atom. The van der Waals surface area contributed by atoms with E-state index < -0.39 is 21.3 Å². The van der Waals surface area contributed by atoms with Gasteiger partial charge in [0, 0.05) is 0 Å². The minimum absolute atomic E-state index is 0.0417. The Labute approximate surface area is 398 Å². The molecule has 1 atom stereocenters. The summed E-state index contributed by atoms with van der Waals surface area (Å²) in [6.07, 6.45) is 11.8. The monoisotopic (exact) mass is 927 g/mol. The summed E-state index contributed by atoms with van der Waals surface area (Å²) in [6, 6.07) is 30.7. The summed E-state index contributed by atoms with van der Waals surface area (Å²) in [5, 5.41) is 0. The third kappa shape index (κ3) is 8.13. The summed E-state index contributed by atoms with van der Waals surface area (Å²) in [5.41, 5.74) is 22.3. The zero-order chi connectivity index (χ0) is 47.1. The van der Waals surface area contributed by atoms with Crippen molar-refractivity contribution in [1.82, 2.24) is 0 Å². The van der Waals surface area contributed by atoms with Gasteiger partial charge in [0.05, 0.1) is 0 Å². The van der Waals surface area contributed by atoms with Crippen molar-refractivity contribution in [2.24, 2.45) is 22.2 Å².